The van der Waals surface area contributed by atoms with E-state index < -0.39 is 17.8 Å². The first-order chi connectivity index (χ1) is 10.0. The Labute approximate surface area is 128 Å². The van der Waals surface area contributed by atoms with Crippen LogP contribution < -0.4 is 0 Å². The lowest BCUT2D eigenvalue weighted by atomic mass is 10.2. The van der Waals surface area contributed by atoms with Gasteiger partial charge in [-0.3, -0.25) is 9.59 Å². The number of halogens is 2. The first-order valence-corrected chi connectivity index (χ1v) is 7.16. The van der Waals surface area contributed by atoms with Gasteiger partial charge >= 0.3 is 11.9 Å². The van der Waals surface area contributed by atoms with Crippen LogP contribution in [0.4, 0.5) is 4.39 Å². The molecule has 0 heterocycles. The molecule has 0 saturated carbocycles. The number of carbonyl (C=O) groups is 2. The summed E-state index contributed by atoms with van der Waals surface area (Å²) in [4.78, 5) is 22.8. The minimum absolute atomic E-state index is 0.0481. The molecule has 0 saturated heterocycles. The molecule has 6 heteroatoms. The quantitative estimate of drug-likeness (QED) is 0.542. The van der Waals surface area contributed by atoms with E-state index in [9.17, 15) is 14.0 Å². The number of benzene rings is 1. The molecule has 1 aromatic rings. The van der Waals surface area contributed by atoms with E-state index in [-0.39, 0.29) is 30.0 Å². The molecule has 116 valence electrons. The molecule has 4 nitrogen and oxygen atoms in total. The lowest BCUT2D eigenvalue weighted by molar-refractivity contribution is -0.151. The first-order valence-electron chi connectivity index (χ1n) is 6.78. The average Bonchev–Trinajstić information content (AvgIpc) is 2.45. The third-order valence-electron chi connectivity index (χ3n) is 2.73. The van der Waals surface area contributed by atoms with Crippen molar-refractivity contribution in [3.8, 4) is 0 Å². The van der Waals surface area contributed by atoms with Crippen molar-refractivity contribution >= 4 is 23.5 Å². The molecular formula is C15H18ClFO4. The number of esters is 2. The van der Waals surface area contributed by atoms with Crippen LogP contribution in [0, 0.1) is 5.82 Å². The van der Waals surface area contributed by atoms with Gasteiger partial charge in [0.25, 0.3) is 0 Å². The van der Waals surface area contributed by atoms with Gasteiger partial charge in [-0.05, 0) is 18.6 Å². The van der Waals surface area contributed by atoms with E-state index in [1.807, 2.05) is 6.92 Å². The van der Waals surface area contributed by atoms with Crippen molar-refractivity contribution < 1.29 is 23.5 Å². The van der Waals surface area contributed by atoms with Gasteiger partial charge in [0.05, 0.1) is 24.5 Å². The minimum Gasteiger partial charge on any atom is -0.466 e. The fraction of sp³-hybridized carbons (Fsp3) is 0.467. The molecule has 0 aliphatic rings. The lowest BCUT2D eigenvalue weighted by Crippen LogP contribution is -2.11. The Kier molecular flexibility index (Phi) is 7.75. The lowest BCUT2D eigenvalue weighted by Gasteiger charge is -2.07. The molecule has 1 rings (SSSR count). The van der Waals surface area contributed by atoms with Crippen LogP contribution in [0.25, 0.3) is 0 Å². The number of hydrogen-bond acceptors (Lipinski definition) is 4. The van der Waals surface area contributed by atoms with Gasteiger partial charge in [-0.25, -0.2) is 4.39 Å². The Morgan fingerprint density at radius 1 is 1.19 bits per heavy atom. The van der Waals surface area contributed by atoms with Gasteiger partial charge in [0.15, 0.2) is 0 Å². The van der Waals surface area contributed by atoms with Crippen LogP contribution >= 0.6 is 11.6 Å². The van der Waals surface area contributed by atoms with Crippen molar-refractivity contribution in [2.45, 2.75) is 39.2 Å². The summed E-state index contributed by atoms with van der Waals surface area (Å²) in [5.74, 6) is -1.57. The maximum atomic E-state index is 13.4. The smallest absolute Gasteiger partial charge is 0.306 e. The fourth-order valence-corrected chi connectivity index (χ4v) is 1.72. The van der Waals surface area contributed by atoms with E-state index in [0.29, 0.717) is 6.61 Å². The summed E-state index contributed by atoms with van der Waals surface area (Å²) in [6, 6.07) is 4.22. The average molecular weight is 317 g/mol. The highest BCUT2D eigenvalue weighted by molar-refractivity contribution is 6.31. The van der Waals surface area contributed by atoms with Gasteiger partial charge in [0.2, 0.25) is 0 Å². The molecule has 0 bridgehead atoms. The predicted octanol–water partition coefficient (Wildman–Crippen LogP) is 3.65. The van der Waals surface area contributed by atoms with Crippen molar-refractivity contribution in [1.29, 1.82) is 0 Å². The van der Waals surface area contributed by atoms with E-state index in [1.54, 1.807) is 0 Å². The monoisotopic (exact) mass is 316 g/mol. The van der Waals surface area contributed by atoms with E-state index in [2.05, 4.69) is 0 Å². The Balaban J connectivity index is 2.30. The molecule has 0 aliphatic carbocycles. The van der Waals surface area contributed by atoms with Crippen molar-refractivity contribution in [2.75, 3.05) is 6.61 Å². The van der Waals surface area contributed by atoms with E-state index in [0.717, 1.165) is 12.8 Å². The van der Waals surface area contributed by atoms with Crippen LogP contribution in [0.1, 0.15) is 38.2 Å². The highest BCUT2D eigenvalue weighted by atomic mass is 35.5. The highest BCUT2D eigenvalue weighted by Crippen LogP contribution is 2.19. The second kappa shape index (κ2) is 9.34. The molecule has 0 unspecified atom stereocenters. The van der Waals surface area contributed by atoms with Crippen LogP contribution in [-0.4, -0.2) is 18.5 Å². The number of carbonyl (C=O) groups excluding carboxylic acids is 2. The zero-order valence-corrected chi connectivity index (χ0v) is 12.6. The standard InChI is InChI=1S/C15H18ClFO4/c1-2-3-9-20-14(18)7-8-15(19)21-10-11-12(16)5-4-6-13(11)17/h4-6H,2-3,7-10H2,1H3. The maximum Gasteiger partial charge on any atom is 0.306 e. The SMILES string of the molecule is CCCCOC(=O)CCC(=O)OCc1c(F)cccc1Cl. The van der Waals surface area contributed by atoms with Crippen LogP contribution in [0.15, 0.2) is 18.2 Å². The topological polar surface area (TPSA) is 52.6 Å². The van der Waals surface area contributed by atoms with Crippen molar-refractivity contribution in [1.82, 2.24) is 0 Å². The Bertz CT molecular complexity index is 470. The predicted molar refractivity (Wildman–Crippen MR) is 76.3 cm³/mol. The van der Waals surface area contributed by atoms with E-state index >= 15 is 0 Å². The second-order valence-electron chi connectivity index (χ2n) is 4.43. The largest absolute Gasteiger partial charge is 0.466 e. The molecule has 1 aromatic carbocycles. The summed E-state index contributed by atoms with van der Waals surface area (Å²) in [5, 5.41) is 0.196. The maximum absolute atomic E-state index is 13.4. The number of hydrogen-bond donors (Lipinski definition) is 0. The van der Waals surface area contributed by atoms with Gasteiger partial charge in [-0.2, -0.15) is 0 Å². The minimum atomic E-state index is -0.596. The van der Waals surface area contributed by atoms with Gasteiger partial charge in [-0.1, -0.05) is 31.0 Å². The summed E-state index contributed by atoms with van der Waals surface area (Å²) in [6.45, 7) is 2.09. The molecule has 0 amide bonds. The second-order valence-corrected chi connectivity index (χ2v) is 4.84. The Morgan fingerprint density at radius 3 is 2.48 bits per heavy atom. The Morgan fingerprint density at radius 2 is 1.86 bits per heavy atom. The number of ether oxygens (including phenoxy) is 2. The van der Waals surface area contributed by atoms with E-state index in [4.69, 9.17) is 21.1 Å². The summed E-state index contributed by atoms with van der Waals surface area (Å²) < 4.78 is 23.2. The first kappa shape index (κ1) is 17.4. The third-order valence-corrected chi connectivity index (χ3v) is 3.09. The van der Waals surface area contributed by atoms with Crippen LogP contribution in [0.3, 0.4) is 0 Å². The molecule has 0 atom stereocenters. The van der Waals surface area contributed by atoms with Crippen LogP contribution in [0.2, 0.25) is 5.02 Å². The zero-order valence-electron chi connectivity index (χ0n) is 11.9. The molecule has 0 spiro atoms. The summed E-state index contributed by atoms with van der Waals surface area (Å²) in [6.07, 6.45) is 1.57. The molecular weight excluding hydrogens is 299 g/mol. The van der Waals surface area contributed by atoms with Crippen molar-refractivity contribution in [3.05, 3.63) is 34.6 Å². The highest BCUT2D eigenvalue weighted by Gasteiger charge is 2.12. The summed E-state index contributed by atoms with van der Waals surface area (Å²) in [7, 11) is 0. The normalized spacial score (nSPS) is 10.2. The van der Waals surface area contributed by atoms with Gasteiger partial charge in [0, 0.05) is 5.56 Å². The molecule has 0 N–H and O–H groups in total. The molecule has 21 heavy (non-hydrogen) atoms. The Hall–Kier alpha value is -1.62. The number of rotatable bonds is 8. The summed E-state index contributed by atoms with van der Waals surface area (Å²) >= 11 is 5.81. The van der Waals surface area contributed by atoms with Crippen molar-refractivity contribution in [3.63, 3.8) is 0 Å². The van der Waals surface area contributed by atoms with Gasteiger partial charge in [-0.15, -0.1) is 0 Å². The molecule has 0 aliphatic heterocycles. The molecule has 0 radical (unpaired) electrons. The van der Waals surface area contributed by atoms with Crippen molar-refractivity contribution in [2.24, 2.45) is 0 Å². The fourth-order valence-electron chi connectivity index (χ4n) is 1.50. The summed E-state index contributed by atoms with van der Waals surface area (Å²) in [5.41, 5.74) is 0.123. The molecule has 0 aromatic heterocycles. The zero-order chi connectivity index (χ0) is 15.7. The van der Waals surface area contributed by atoms with Crippen LogP contribution in [-0.2, 0) is 25.7 Å². The van der Waals surface area contributed by atoms with Gasteiger partial charge < -0.3 is 9.47 Å². The third kappa shape index (κ3) is 6.58. The van der Waals surface area contributed by atoms with Gasteiger partial charge in [0.1, 0.15) is 12.4 Å². The van der Waals surface area contributed by atoms with Crippen LogP contribution in [0.5, 0.6) is 0 Å². The van der Waals surface area contributed by atoms with E-state index in [1.165, 1.54) is 18.2 Å². The number of unbranched alkanes of at least 4 members (excludes halogenated alkanes) is 1. The molecule has 0 fully saturated rings.